The van der Waals surface area contributed by atoms with Gasteiger partial charge >= 0.3 is 0 Å². The molecule has 1 aromatic carbocycles. The minimum absolute atomic E-state index is 0.200. The van der Waals surface area contributed by atoms with E-state index in [9.17, 15) is 18.8 Å². The van der Waals surface area contributed by atoms with E-state index in [0.29, 0.717) is 10.4 Å². The molecule has 0 saturated heterocycles. The van der Waals surface area contributed by atoms with Crippen molar-refractivity contribution in [3.8, 4) is 0 Å². The van der Waals surface area contributed by atoms with Crippen molar-refractivity contribution >= 4 is 29.1 Å². The van der Waals surface area contributed by atoms with Crippen LogP contribution in [0, 0.1) is 5.82 Å². The maximum Gasteiger partial charge on any atom is 0.267 e. The molecular weight excluding hydrogens is 347 g/mol. The molecule has 25 heavy (non-hydrogen) atoms. The maximum atomic E-state index is 13.7. The Labute approximate surface area is 147 Å². The molecular formula is C16H17FN4O3S. The summed E-state index contributed by atoms with van der Waals surface area (Å²) in [4.78, 5) is 38.4. The summed E-state index contributed by atoms with van der Waals surface area (Å²) in [5.41, 5.74) is 0.485. The number of rotatable bonds is 6. The van der Waals surface area contributed by atoms with Crippen LogP contribution in [0.2, 0.25) is 0 Å². The van der Waals surface area contributed by atoms with Crippen molar-refractivity contribution in [2.45, 2.75) is 13.5 Å². The highest BCUT2D eigenvalue weighted by Crippen LogP contribution is 2.07. The van der Waals surface area contributed by atoms with Crippen LogP contribution in [0.4, 0.5) is 4.39 Å². The topological polar surface area (TPSA) is 92.6 Å². The van der Waals surface area contributed by atoms with E-state index >= 15 is 0 Å². The Bertz CT molecular complexity index is 844. The fourth-order valence-corrected chi connectivity index (χ4v) is 2.65. The van der Waals surface area contributed by atoms with Gasteiger partial charge in [0.2, 0.25) is 11.8 Å². The van der Waals surface area contributed by atoms with Crippen molar-refractivity contribution in [3.05, 3.63) is 52.0 Å². The zero-order valence-electron chi connectivity index (χ0n) is 13.5. The van der Waals surface area contributed by atoms with Crippen molar-refractivity contribution in [2.75, 3.05) is 13.1 Å². The first-order chi connectivity index (χ1) is 12.0. The molecule has 0 atom stereocenters. The number of benzene rings is 1. The van der Waals surface area contributed by atoms with Crippen LogP contribution in [0.1, 0.15) is 12.5 Å². The summed E-state index contributed by atoms with van der Waals surface area (Å²) >= 11 is 1.23. The van der Waals surface area contributed by atoms with Crippen LogP contribution in [0.5, 0.6) is 0 Å². The van der Waals surface area contributed by atoms with Gasteiger partial charge in [-0.25, -0.2) is 4.39 Å². The first-order valence-electron chi connectivity index (χ1n) is 7.41. The highest BCUT2D eigenvalue weighted by Gasteiger charge is 2.07. The Morgan fingerprint density at radius 1 is 1.20 bits per heavy atom. The van der Waals surface area contributed by atoms with Crippen molar-refractivity contribution in [3.63, 3.8) is 0 Å². The van der Waals surface area contributed by atoms with Crippen molar-refractivity contribution in [1.29, 1.82) is 0 Å². The molecule has 7 nitrogen and oxygen atoms in total. The normalized spacial score (nSPS) is 11.2. The van der Waals surface area contributed by atoms with E-state index < -0.39 is 11.8 Å². The lowest BCUT2D eigenvalue weighted by Gasteiger charge is -2.05. The van der Waals surface area contributed by atoms with E-state index in [1.807, 2.05) is 0 Å². The van der Waals surface area contributed by atoms with Crippen LogP contribution in [0.25, 0.3) is 0 Å². The lowest BCUT2D eigenvalue weighted by atomic mass is 10.2. The van der Waals surface area contributed by atoms with Gasteiger partial charge < -0.3 is 15.2 Å². The molecule has 0 aliphatic heterocycles. The summed E-state index contributed by atoms with van der Waals surface area (Å²) in [5, 5.41) is 6.43. The Hall–Kier alpha value is -2.81. The number of hydrogen-bond acceptors (Lipinski definition) is 4. The number of hydrogen-bond donors (Lipinski definition) is 2. The number of carbonyl (C=O) groups excluding carboxylic acids is 3. The van der Waals surface area contributed by atoms with E-state index in [1.54, 1.807) is 34.3 Å². The summed E-state index contributed by atoms with van der Waals surface area (Å²) in [6, 6.07) is 6.37. The summed E-state index contributed by atoms with van der Waals surface area (Å²) in [6.45, 7) is 1.06. The van der Waals surface area contributed by atoms with Gasteiger partial charge in [0.05, 0.1) is 19.6 Å². The number of nitrogens with one attached hydrogen (secondary N) is 2. The summed E-state index contributed by atoms with van der Waals surface area (Å²) in [5.74, 6) is -1.69. The number of amides is 3. The van der Waals surface area contributed by atoms with E-state index in [0.717, 1.165) is 0 Å². The molecule has 2 aromatic rings. The zero-order chi connectivity index (χ0) is 18.2. The van der Waals surface area contributed by atoms with Gasteiger partial charge in [-0.3, -0.25) is 14.4 Å². The Morgan fingerprint density at radius 3 is 2.68 bits per heavy atom. The van der Waals surface area contributed by atoms with Gasteiger partial charge in [0.1, 0.15) is 5.82 Å². The molecule has 0 aliphatic rings. The van der Waals surface area contributed by atoms with E-state index in [1.165, 1.54) is 24.3 Å². The number of carbonyl (C=O) groups is 3. The molecule has 0 saturated carbocycles. The van der Waals surface area contributed by atoms with Crippen LogP contribution >= 0.6 is 11.3 Å². The zero-order valence-corrected chi connectivity index (χ0v) is 14.3. The van der Waals surface area contributed by atoms with Crippen molar-refractivity contribution in [2.24, 2.45) is 4.99 Å². The molecule has 0 fully saturated rings. The fourth-order valence-electron chi connectivity index (χ4n) is 1.90. The Balaban J connectivity index is 1.98. The van der Waals surface area contributed by atoms with Crippen LogP contribution in [-0.4, -0.2) is 35.4 Å². The Morgan fingerprint density at radius 2 is 1.96 bits per heavy atom. The summed E-state index contributed by atoms with van der Waals surface area (Å²) < 4.78 is 15.4. The molecule has 1 aromatic heterocycles. The van der Waals surface area contributed by atoms with Gasteiger partial charge in [-0.05, 0) is 6.07 Å². The minimum Gasteiger partial charge on any atom is -0.347 e. The average Bonchev–Trinajstić information content (AvgIpc) is 3.00. The lowest BCUT2D eigenvalue weighted by Crippen LogP contribution is -2.38. The van der Waals surface area contributed by atoms with Gasteiger partial charge in [-0.2, -0.15) is 4.99 Å². The largest absolute Gasteiger partial charge is 0.347 e. The van der Waals surface area contributed by atoms with Crippen LogP contribution in [0.15, 0.2) is 40.8 Å². The molecule has 9 heteroatoms. The first kappa shape index (κ1) is 18.5. The summed E-state index contributed by atoms with van der Waals surface area (Å²) in [6.07, 6.45) is 1.71. The standard InChI is InChI=1S/C16H17FN4O3S/c1-11(22)18-8-14(23)19-9-15(24)20-16-21(6-7-25-16)10-12-4-2-3-5-13(12)17/h2-7H,8-10H2,1H3,(H,18,22)(H,19,23). The Kier molecular flexibility index (Phi) is 6.58. The van der Waals surface area contributed by atoms with Gasteiger partial charge in [0.25, 0.3) is 5.91 Å². The van der Waals surface area contributed by atoms with Gasteiger partial charge in [-0.1, -0.05) is 18.2 Å². The van der Waals surface area contributed by atoms with Gasteiger partial charge in [-0.15, -0.1) is 11.3 Å². The fraction of sp³-hybridized carbons (Fsp3) is 0.250. The van der Waals surface area contributed by atoms with Gasteiger partial charge in [0.15, 0.2) is 4.80 Å². The third-order valence-electron chi connectivity index (χ3n) is 3.11. The highest BCUT2D eigenvalue weighted by atomic mass is 32.1. The minimum atomic E-state index is -0.541. The monoisotopic (exact) mass is 364 g/mol. The number of thiazole rings is 1. The second kappa shape index (κ2) is 8.88. The highest BCUT2D eigenvalue weighted by molar-refractivity contribution is 7.07. The quantitative estimate of drug-likeness (QED) is 0.778. The van der Waals surface area contributed by atoms with Crippen LogP contribution in [-0.2, 0) is 20.9 Å². The number of nitrogens with zero attached hydrogens (tertiary/aromatic N) is 2. The van der Waals surface area contributed by atoms with Gasteiger partial charge in [0, 0.05) is 24.1 Å². The first-order valence-corrected chi connectivity index (χ1v) is 8.29. The molecule has 2 rings (SSSR count). The molecule has 0 unspecified atom stereocenters. The number of halogens is 1. The third kappa shape index (κ3) is 5.96. The smallest absolute Gasteiger partial charge is 0.267 e. The molecule has 2 N–H and O–H groups in total. The second-order valence-electron chi connectivity index (χ2n) is 5.10. The second-order valence-corrected chi connectivity index (χ2v) is 5.97. The third-order valence-corrected chi connectivity index (χ3v) is 3.91. The maximum absolute atomic E-state index is 13.7. The molecule has 0 aliphatic carbocycles. The number of aromatic nitrogens is 1. The van der Waals surface area contributed by atoms with Crippen molar-refractivity contribution < 1.29 is 18.8 Å². The predicted octanol–water partition coefficient (Wildman–Crippen LogP) is 0.417. The summed E-state index contributed by atoms with van der Waals surface area (Å²) in [7, 11) is 0. The molecule has 3 amide bonds. The molecule has 1 heterocycles. The lowest BCUT2D eigenvalue weighted by molar-refractivity contribution is -0.126. The van der Waals surface area contributed by atoms with E-state index in [-0.39, 0.29) is 31.4 Å². The molecule has 0 bridgehead atoms. The predicted molar refractivity (Wildman–Crippen MR) is 90.1 cm³/mol. The SMILES string of the molecule is CC(=O)NCC(=O)NCC(=O)N=c1sccn1Cc1ccccc1F. The van der Waals surface area contributed by atoms with E-state index in [4.69, 9.17) is 0 Å². The molecule has 0 spiro atoms. The molecule has 132 valence electrons. The molecule has 0 radical (unpaired) electrons. The van der Waals surface area contributed by atoms with Crippen molar-refractivity contribution in [1.82, 2.24) is 15.2 Å². The van der Waals surface area contributed by atoms with E-state index in [2.05, 4.69) is 15.6 Å². The average molecular weight is 364 g/mol. The van der Waals surface area contributed by atoms with Crippen LogP contribution < -0.4 is 15.4 Å². The van der Waals surface area contributed by atoms with Crippen LogP contribution in [0.3, 0.4) is 0 Å².